The molecule has 1 aromatic carbocycles. The molecule has 0 bridgehead atoms. The number of alkyl halides is 3. The second-order valence-corrected chi connectivity index (χ2v) is 11.9. The van der Waals surface area contributed by atoms with Crippen molar-refractivity contribution in [3.63, 3.8) is 0 Å². The number of hydrogen-bond donors (Lipinski definition) is 1. The van der Waals surface area contributed by atoms with Crippen molar-refractivity contribution in [2.75, 3.05) is 20.1 Å². The lowest BCUT2D eigenvalue weighted by atomic mass is 9.71. The highest BCUT2D eigenvalue weighted by Gasteiger charge is 2.54. The minimum atomic E-state index is -5.43. The molecule has 8 nitrogen and oxygen atoms in total. The molecule has 0 aliphatic carbocycles. The first-order valence-corrected chi connectivity index (χ1v) is 13.4. The Morgan fingerprint density at radius 1 is 1.22 bits per heavy atom. The molecule has 0 radical (unpaired) electrons. The molecule has 2 atom stereocenters. The number of nitrogens with zero attached hydrogens (tertiary/aromatic N) is 4. The molecule has 2 aliphatic heterocycles. The lowest BCUT2D eigenvalue weighted by Gasteiger charge is -2.45. The Bertz CT molecular complexity index is 1360. The van der Waals surface area contributed by atoms with Crippen molar-refractivity contribution in [3.05, 3.63) is 46.2 Å². The zero-order valence-corrected chi connectivity index (χ0v) is 21.1. The van der Waals surface area contributed by atoms with Crippen molar-refractivity contribution in [1.82, 2.24) is 9.21 Å². The number of guanidine groups is 1. The van der Waals surface area contributed by atoms with Crippen LogP contribution >= 0.6 is 11.3 Å². The predicted octanol–water partition coefficient (Wildman–Crippen LogP) is 3.47. The molecule has 0 unspecified atom stereocenters. The van der Waals surface area contributed by atoms with Gasteiger partial charge in [0.25, 0.3) is 0 Å². The third kappa shape index (κ3) is 4.38. The molecule has 2 aromatic rings. The Labute approximate surface area is 210 Å². The number of nitrogens with two attached hydrogens (primary N) is 1. The van der Waals surface area contributed by atoms with Gasteiger partial charge in [0.05, 0.1) is 17.6 Å². The molecule has 192 valence electrons. The van der Waals surface area contributed by atoms with Crippen LogP contribution in [0.3, 0.4) is 0 Å². The fraction of sp³-hybridized carbons (Fsp3) is 0.435. The van der Waals surface area contributed by atoms with E-state index < -0.39 is 32.9 Å². The van der Waals surface area contributed by atoms with Gasteiger partial charge >= 0.3 is 15.5 Å². The molecule has 0 saturated carbocycles. The topological polar surface area (TPSA) is 120 Å². The molecule has 4 rings (SSSR count). The van der Waals surface area contributed by atoms with E-state index in [0.717, 1.165) is 16.0 Å². The van der Waals surface area contributed by atoms with Crippen LogP contribution in [0.5, 0.6) is 0 Å². The zero-order valence-electron chi connectivity index (χ0n) is 19.5. The molecule has 13 heteroatoms. The Balaban J connectivity index is 1.67. The van der Waals surface area contributed by atoms with Crippen molar-refractivity contribution >= 4 is 33.2 Å². The zero-order chi connectivity index (χ0) is 26.5. The van der Waals surface area contributed by atoms with Gasteiger partial charge in [0, 0.05) is 25.0 Å². The average Bonchev–Trinajstić information content (AvgIpc) is 3.34. The standard InChI is InChI=1S/C23H24F3N5O3S2/c1-22(18-11-17(13-35-18)16-5-3-4-14(10-16)12-27)19(20(32)30(2)21(28)29-22)15-6-8-31(9-7-15)36(33,34)23(24,25)26/h3-5,10-11,13,15,19H,6-9H2,1-2H3,(H2,28,29)/t19-,22-/m1/s1. The van der Waals surface area contributed by atoms with Gasteiger partial charge in [-0.05, 0) is 60.4 Å². The number of rotatable bonds is 4. The number of sulfonamides is 1. The SMILES string of the molecule is CN1C(=O)[C@@H](C2CCN(S(=O)(=O)C(F)(F)F)CC2)[C@@](C)(c2cc(-c3cccc(C#N)c3)cs2)N=C1N. The first-order valence-electron chi connectivity index (χ1n) is 11.1. The van der Waals surface area contributed by atoms with E-state index in [1.54, 1.807) is 25.1 Å². The highest BCUT2D eigenvalue weighted by atomic mass is 32.2. The second kappa shape index (κ2) is 9.17. The summed E-state index contributed by atoms with van der Waals surface area (Å²) in [6, 6.07) is 11.1. The number of amides is 1. The molecular weight excluding hydrogens is 515 g/mol. The highest BCUT2D eigenvalue weighted by molar-refractivity contribution is 7.90. The van der Waals surface area contributed by atoms with Gasteiger partial charge < -0.3 is 5.73 Å². The van der Waals surface area contributed by atoms with Crippen LogP contribution in [-0.2, 0) is 20.4 Å². The predicted molar refractivity (Wildman–Crippen MR) is 129 cm³/mol. The molecule has 1 amide bonds. The lowest BCUT2D eigenvalue weighted by molar-refractivity contribution is -0.137. The molecule has 2 aliphatic rings. The van der Waals surface area contributed by atoms with Crippen LogP contribution < -0.4 is 5.73 Å². The van der Waals surface area contributed by atoms with Crippen molar-refractivity contribution in [3.8, 4) is 17.2 Å². The lowest BCUT2D eigenvalue weighted by Crippen LogP contribution is -2.57. The van der Waals surface area contributed by atoms with Gasteiger partial charge in [0.2, 0.25) is 5.91 Å². The van der Waals surface area contributed by atoms with Crippen molar-refractivity contribution in [2.45, 2.75) is 30.8 Å². The summed E-state index contributed by atoms with van der Waals surface area (Å²) < 4.78 is 63.2. The number of benzene rings is 1. The van der Waals surface area contributed by atoms with Crippen LogP contribution in [-0.4, -0.2) is 55.1 Å². The van der Waals surface area contributed by atoms with E-state index >= 15 is 0 Å². The Hall–Kier alpha value is -2.95. The van der Waals surface area contributed by atoms with E-state index in [1.807, 2.05) is 17.5 Å². The van der Waals surface area contributed by atoms with Crippen LogP contribution in [0, 0.1) is 23.2 Å². The molecular formula is C23H24F3N5O3S2. The van der Waals surface area contributed by atoms with E-state index in [9.17, 15) is 31.6 Å². The number of thiophene rings is 1. The number of nitriles is 1. The number of aliphatic imine (C=N–C) groups is 1. The average molecular weight is 540 g/mol. The van der Waals surface area contributed by atoms with E-state index in [0.29, 0.717) is 9.87 Å². The third-order valence-electron chi connectivity index (χ3n) is 6.92. The summed E-state index contributed by atoms with van der Waals surface area (Å²) in [7, 11) is -3.94. The number of carbonyl (C=O) groups is 1. The van der Waals surface area contributed by atoms with E-state index in [1.165, 1.54) is 23.3 Å². The normalized spacial score (nSPS) is 24.4. The maximum Gasteiger partial charge on any atom is 0.511 e. The Kier molecular flexibility index (Phi) is 6.65. The van der Waals surface area contributed by atoms with Crippen molar-refractivity contribution in [1.29, 1.82) is 5.26 Å². The van der Waals surface area contributed by atoms with Gasteiger partial charge in [-0.2, -0.15) is 22.7 Å². The summed E-state index contributed by atoms with van der Waals surface area (Å²) in [4.78, 5) is 20.1. The highest BCUT2D eigenvalue weighted by Crippen LogP contribution is 2.48. The molecule has 1 saturated heterocycles. The van der Waals surface area contributed by atoms with Gasteiger partial charge in [0.1, 0.15) is 5.54 Å². The Morgan fingerprint density at radius 2 is 1.89 bits per heavy atom. The van der Waals surface area contributed by atoms with E-state index in [4.69, 9.17) is 5.73 Å². The summed E-state index contributed by atoms with van der Waals surface area (Å²) in [6.45, 7) is 1.09. The minimum Gasteiger partial charge on any atom is -0.369 e. The van der Waals surface area contributed by atoms with Crippen molar-refractivity contribution < 1.29 is 26.4 Å². The summed E-state index contributed by atoms with van der Waals surface area (Å²) in [5.41, 5.74) is 1.75. The molecule has 1 aromatic heterocycles. The second-order valence-electron chi connectivity index (χ2n) is 9.07. The minimum absolute atomic E-state index is 0.0252. The molecule has 1 fully saturated rings. The smallest absolute Gasteiger partial charge is 0.369 e. The summed E-state index contributed by atoms with van der Waals surface area (Å²) in [5, 5.41) is 11.1. The molecule has 3 heterocycles. The first-order chi connectivity index (χ1) is 16.8. The first kappa shape index (κ1) is 26.1. The van der Waals surface area contributed by atoms with Gasteiger partial charge in [-0.15, -0.1) is 11.3 Å². The van der Waals surface area contributed by atoms with E-state index in [-0.39, 0.29) is 37.8 Å². The number of piperidine rings is 1. The third-order valence-corrected chi connectivity index (χ3v) is 9.71. The number of carbonyl (C=O) groups excluding carboxylic acids is 1. The van der Waals surface area contributed by atoms with E-state index in [2.05, 4.69) is 11.1 Å². The molecule has 2 N–H and O–H groups in total. The van der Waals surface area contributed by atoms with Crippen LogP contribution in [0.1, 0.15) is 30.2 Å². The van der Waals surface area contributed by atoms with Gasteiger partial charge in [0.15, 0.2) is 5.96 Å². The van der Waals surface area contributed by atoms with Crippen LogP contribution in [0.4, 0.5) is 13.2 Å². The van der Waals surface area contributed by atoms with Crippen molar-refractivity contribution in [2.24, 2.45) is 22.6 Å². The number of halogens is 3. The van der Waals surface area contributed by atoms with Crippen LogP contribution in [0.25, 0.3) is 11.1 Å². The fourth-order valence-corrected chi connectivity index (χ4v) is 6.98. The maximum absolute atomic E-state index is 13.4. The van der Waals surface area contributed by atoms with Gasteiger partial charge in [-0.1, -0.05) is 12.1 Å². The largest absolute Gasteiger partial charge is 0.511 e. The van der Waals surface area contributed by atoms with Crippen LogP contribution in [0.2, 0.25) is 0 Å². The summed E-state index contributed by atoms with van der Waals surface area (Å²) in [5.74, 6) is -1.45. The molecule has 36 heavy (non-hydrogen) atoms. The van der Waals surface area contributed by atoms with Gasteiger partial charge in [-0.25, -0.2) is 13.4 Å². The number of hydrogen-bond acceptors (Lipinski definition) is 7. The molecule has 0 spiro atoms. The van der Waals surface area contributed by atoms with Gasteiger partial charge in [-0.3, -0.25) is 9.69 Å². The Morgan fingerprint density at radius 3 is 2.50 bits per heavy atom. The maximum atomic E-state index is 13.4. The summed E-state index contributed by atoms with van der Waals surface area (Å²) >= 11 is 1.37. The fourth-order valence-electron chi connectivity index (χ4n) is 4.93. The monoisotopic (exact) mass is 539 g/mol. The summed E-state index contributed by atoms with van der Waals surface area (Å²) in [6.07, 6.45) is 0.153. The quantitative estimate of drug-likeness (QED) is 0.638. The van der Waals surface area contributed by atoms with Crippen LogP contribution in [0.15, 0.2) is 40.7 Å².